The van der Waals surface area contributed by atoms with Gasteiger partial charge in [-0.05, 0) is 12.1 Å². The highest BCUT2D eigenvalue weighted by Crippen LogP contribution is 2.29. The fourth-order valence-corrected chi connectivity index (χ4v) is 3.24. The molecule has 140 valence electrons. The summed E-state index contributed by atoms with van der Waals surface area (Å²) in [4.78, 5) is 16.5. The van der Waals surface area contributed by atoms with E-state index in [2.05, 4.69) is 10.2 Å². The third-order valence-electron chi connectivity index (χ3n) is 4.73. The van der Waals surface area contributed by atoms with E-state index in [1.54, 1.807) is 17.0 Å². The molecule has 7 nitrogen and oxygen atoms in total. The number of hydrogen-bond acceptors (Lipinski definition) is 6. The van der Waals surface area contributed by atoms with E-state index in [4.69, 9.17) is 5.73 Å². The van der Waals surface area contributed by atoms with E-state index in [0.29, 0.717) is 25.0 Å². The van der Waals surface area contributed by atoms with Crippen molar-refractivity contribution < 1.29 is 9.90 Å². The highest BCUT2D eigenvalue weighted by Gasteiger charge is 2.23. The number of hydrogen-bond donors (Lipinski definition) is 3. The van der Waals surface area contributed by atoms with Crippen LogP contribution in [0.2, 0.25) is 0 Å². The van der Waals surface area contributed by atoms with Gasteiger partial charge in [0, 0.05) is 61.9 Å². The fourth-order valence-electron chi connectivity index (χ4n) is 3.24. The Morgan fingerprint density at radius 2 is 1.89 bits per heavy atom. The van der Waals surface area contributed by atoms with Gasteiger partial charge in [0.1, 0.15) is 17.4 Å². The summed E-state index contributed by atoms with van der Waals surface area (Å²) in [5.74, 6) is -0.0902. The fraction of sp³-hybridized carbons (Fsp3) is 0.300. The van der Waals surface area contributed by atoms with Crippen molar-refractivity contribution in [2.24, 2.45) is 5.73 Å². The molecule has 0 radical (unpaired) electrons. The lowest BCUT2D eigenvalue weighted by atomic mass is 10.1. The van der Waals surface area contributed by atoms with Crippen LogP contribution in [-0.4, -0.2) is 60.1 Å². The lowest BCUT2D eigenvalue weighted by Crippen LogP contribution is -2.50. The van der Waals surface area contributed by atoms with E-state index in [9.17, 15) is 15.2 Å². The third-order valence-corrected chi connectivity index (χ3v) is 4.73. The Morgan fingerprint density at radius 1 is 1.19 bits per heavy atom. The number of phenols is 1. The molecule has 0 atom stereocenters. The van der Waals surface area contributed by atoms with Crippen LogP contribution in [0.1, 0.15) is 0 Å². The molecule has 0 aromatic heterocycles. The van der Waals surface area contributed by atoms with Crippen molar-refractivity contribution in [3.63, 3.8) is 0 Å². The summed E-state index contributed by atoms with van der Waals surface area (Å²) >= 11 is 0. The topological polar surface area (TPSA) is 106 Å². The van der Waals surface area contributed by atoms with Crippen molar-refractivity contribution in [1.29, 1.82) is 5.26 Å². The summed E-state index contributed by atoms with van der Waals surface area (Å²) in [6, 6.07) is 12.7. The minimum atomic E-state index is -0.277. The smallest absolute Gasteiger partial charge is 0.266 e. The number of benzene rings is 2. The van der Waals surface area contributed by atoms with Crippen LogP contribution in [-0.2, 0) is 4.79 Å². The predicted molar refractivity (Wildman–Crippen MR) is 105 cm³/mol. The normalized spacial score (nSPS) is 15.6. The number of nitrogens with one attached hydrogen (secondary N) is 1. The largest absolute Gasteiger partial charge is 0.507 e. The van der Waals surface area contributed by atoms with Crippen LogP contribution in [0.3, 0.4) is 0 Å². The molecular weight excluding hydrogens is 342 g/mol. The molecule has 1 saturated heterocycles. The summed E-state index contributed by atoms with van der Waals surface area (Å²) < 4.78 is 0. The van der Waals surface area contributed by atoms with Gasteiger partial charge in [0.15, 0.2) is 0 Å². The summed E-state index contributed by atoms with van der Waals surface area (Å²) in [5.41, 5.74) is 6.34. The number of phenolic OH excluding ortho intramolecular Hbond substituents is 1. The maximum atomic E-state index is 12.6. The molecule has 0 unspecified atom stereocenters. The number of nitriles is 1. The van der Waals surface area contributed by atoms with Crippen LogP contribution < -0.4 is 11.1 Å². The van der Waals surface area contributed by atoms with Gasteiger partial charge in [0.05, 0.1) is 0 Å². The molecule has 1 aliphatic heterocycles. The number of amides is 1. The first kappa shape index (κ1) is 18.7. The molecule has 0 aliphatic carbocycles. The molecule has 0 saturated carbocycles. The Kier molecular flexibility index (Phi) is 5.91. The lowest BCUT2D eigenvalue weighted by molar-refractivity contribution is -0.128. The van der Waals surface area contributed by atoms with E-state index in [-0.39, 0.29) is 17.2 Å². The Hall–Kier alpha value is -3.08. The van der Waals surface area contributed by atoms with Crippen LogP contribution in [0.15, 0.2) is 48.2 Å². The molecule has 7 heteroatoms. The predicted octanol–water partition coefficient (Wildman–Crippen LogP) is 1.47. The molecule has 0 bridgehead atoms. The number of nitrogens with zero attached hydrogens (tertiary/aromatic N) is 3. The molecule has 3 rings (SSSR count). The monoisotopic (exact) mass is 365 g/mol. The van der Waals surface area contributed by atoms with E-state index >= 15 is 0 Å². The zero-order chi connectivity index (χ0) is 19.2. The van der Waals surface area contributed by atoms with Crippen molar-refractivity contribution in [1.82, 2.24) is 9.80 Å². The molecule has 1 fully saturated rings. The molecule has 1 aliphatic rings. The second kappa shape index (κ2) is 8.54. The SMILES string of the molecule is N#C/C(=C/Nc1cccc2c(O)cccc12)C(=O)N1CCN(CCN)CC1. The van der Waals surface area contributed by atoms with Gasteiger partial charge in [-0.25, -0.2) is 0 Å². The van der Waals surface area contributed by atoms with Gasteiger partial charge >= 0.3 is 0 Å². The van der Waals surface area contributed by atoms with Crippen LogP contribution >= 0.6 is 0 Å². The van der Waals surface area contributed by atoms with Gasteiger partial charge in [-0.2, -0.15) is 5.26 Å². The van der Waals surface area contributed by atoms with Crippen molar-refractivity contribution >= 4 is 22.4 Å². The van der Waals surface area contributed by atoms with Gasteiger partial charge in [-0.15, -0.1) is 0 Å². The van der Waals surface area contributed by atoms with Crippen LogP contribution in [0.4, 0.5) is 5.69 Å². The number of aromatic hydroxyl groups is 1. The number of piperazine rings is 1. The first-order valence-electron chi connectivity index (χ1n) is 8.93. The van der Waals surface area contributed by atoms with Crippen molar-refractivity contribution in [3.05, 3.63) is 48.2 Å². The zero-order valence-corrected chi connectivity index (χ0v) is 15.1. The number of anilines is 1. The lowest BCUT2D eigenvalue weighted by Gasteiger charge is -2.34. The van der Waals surface area contributed by atoms with Crippen molar-refractivity contribution in [2.75, 3.05) is 44.6 Å². The average Bonchev–Trinajstić information content (AvgIpc) is 2.69. The van der Waals surface area contributed by atoms with Crippen molar-refractivity contribution in [3.8, 4) is 11.8 Å². The molecule has 1 heterocycles. The Morgan fingerprint density at radius 3 is 2.59 bits per heavy atom. The number of fused-ring (bicyclic) bond motifs is 1. The average molecular weight is 365 g/mol. The maximum Gasteiger partial charge on any atom is 0.266 e. The molecule has 4 N–H and O–H groups in total. The quantitative estimate of drug-likeness (QED) is 0.547. The standard InChI is InChI=1S/C20H23N5O2/c21-7-8-24-9-11-25(12-10-24)20(27)15(13-22)14-23-18-5-1-4-17-16(18)3-2-6-19(17)26/h1-6,14,23,26H,7-12,21H2/b15-14-. The van der Waals surface area contributed by atoms with Crippen LogP contribution in [0, 0.1) is 11.3 Å². The van der Waals surface area contributed by atoms with Gasteiger partial charge < -0.3 is 21.1 Å². The van der Waals surface area contributed by atoms with Crippen LogP contribution in [0.5, 0.6) is 5.75 Å². The van der Waals surface area contributed by atoms with E-state index in [1.165, 1.54) is 6.20 Å². The molecule has 27 heavy (non-hydrogen) atoms. The van der Waals surface area contributed by atoms with E-state index in [0.717, 1.165) is 30.7 Å². The summed E-state index contributed by atoms with van der Waals surface area (Å²) in [6.07, 6.45) is 1.44. The molecule has 2 aromatic rings. The van der Waals surface area contributed by atoms with Gasteiger partial charge in [-0.3, -0.25) is 9.69 Å². The van der Waals surface area contributed by atoms with Gasteiger partial charge in [0.25, 0.3) is 5.91 Å². The maximum absolute atomic E-state index is 12.6. The molecular formula is C20H23N5O2. The van der Waals surface area contributed by atoms with Crippen molar-refractivity contribution in [2.45, 2.75) is 0 Å². The summed E-state index contributed by atoms with van der Waals surface area (Å²) in [5, 5.41) is 24.0. The Bertz CT molecular complexity index is 895. The number of carbonyl (C=O) groups excluding carboxylic acids is 1. The van der Waals surface area contributed by atoms with Gasteiger partial charge in [0.2, 0.25) is 0 Å². The summed E-state index contributed by atoms with van der Waals surface area (Å²) in [6.45, 7) is 4.11. The second-order valence-electron chi connectivity index (χ2n) is 6.41. The zero-order valence-electron chi connectivity index (χ0n) is 15.1. The van der Waals surface area contributed by atoms with Gasteiger partial charge in [-0.1, -0.05) is 24.3 Å². The van der Waals surface area contributed by atoms with Crippen LogP contribution in [0.25, 0.3) is 10.8 Å². The van der Waals surface area contributed by atoms with E-state index < -0.39 is 0 Å². The third kappa shape index (κ3) is 4.19. The number of carbonyl (C=O) groups is 1. The first-order valence-corrected chi connectivity index (χ1v) is 8.93. The summed E-state index contributed by atoms with van der Waals surface area (Å²) in [7, 11) is 0. The molecule has 2 aromatic carbocycles. The Balaban J connectivity index is 1.73. The Labute approximate surface area is 158 Å². The minimum absolute atomic E-state index is 0.0550. The highest BCUT2D eigenvalue weighted by atomic mass is 16.3. The number of rotatable bonds is 5. The second-order valence-corrected chi connectivity index (χ2v) is 6.41. The minimum Gasteiger partial charge on any atom is -0.507 e. The first-order chi connectivity index (χ1) is 13.1. The molecule has 0 spiro atoms. The highest BCUT2D eigenvalue weighted by molar-refractivity contribution is 6.00. The number of nitrogens with two attached hydrogens (primary N) is 1. The van der Waals surface area contributed by atoms with E-state index in [1.807, 2.05) is 30.3 Å². The molecule has 1 amide bonds.